The van der Waals surface area contributed by atoms with Crippen LogP contribution < -0.4 is 10.5 Å². The van der Waals surface area contributed by atoms with Crippen LogP contribution in [0.25, 0.3) is 10.9 Å². The van der Waals surface area contributed by atoms with Gasteiger partial charge in [-0.2, -0.15) is 0 Å². The van der Waals surface area contributed by atoms with Gasteiger partial charge in [0.25, 0.3) is 5.56 Å². The van der Waals surface area contributed by atoms with Crippen molar-refractivity contribution in [1.29, 1.82) is 0 Å². The average Bonchev–Trinajstić information content (AvgIpc) is 2.87. The molecule has 0 atom stereocenters. The van der Waals surface area contributed by atoms with E-state index in [1.165, 1.54) is 23.9 Å². The number of nitrogens with zero attached hydrogens (tertiary/aromatic N) is 4. The lowest BCUT2D eigenvalue weighted by Crippen LogP contribution is -2.49. The highest BCUT2D eigenvalue weighted by molar-refractivity contribution is 7.99. The first-order chi connectivity index (χ1) is 16.9. The van der Waals surface area contributed by atoms with Gasteiger partial charge in [0.2, 0.25) is 5.91 Å². The van der Waals surface area contributed by atoms with Crippen molar-refractivity contribution in [2.24, 2.45) is 0 Å². The van der Waals surface area contributed by atoms with Crippen LogP contribution in [-0.4, -0.2) is 65.0 Å². The van der Waals surface area contributed by atoms with E-state index in [4.69, 9.17) is 9.72 Å². The maximum absolute atomic E-state index is 13.2. The number of rotatable bonds is 9. The summed E-state index contributed by atoms with van der Waals surface area (Å²) in [6.45, 7) is 7.58. The number of fused-ring (bicyclic) bond motifs is 1. The van der Waals surface area contributed by atoms with E-state index in [1.54, 1.807) is 22.8 Å². The van der Waals surface area contributed by atoms with Crippen LogP contribution in [0.2, 0.25) is 0 Å². The second kappa shape index (κ2) is 11.7. The third-order valence-electron chi connectivity index (χ3n) is 5.95. The lowest BCUT2D eigenvalue weighted by atomic mass is 10.2. The Morgan fingerprint density at radius 2 is 1.80 bits per heavy atom. The van der Waals surface area contributed by atoms with Gasteiger partial charge in [0.1, 0.15) is 5.82 Å². The first-order valence-electron chi connectivity index (χ1n) is 11.9. The van der Waals surface area contributed by atoms with Crippen LogP contribution in [0.4, 0.5) is 10.1 Å². The number of benzene rings is 2. The summed E-state index contributed by atoms with van der Waals surface area (Å²) in [6, 6.07) is 13.7. The molecule has 186 valence electrons. The van der Waals surface area contributed by atoms with Crippen LogP contribution in [0.3, 0.4) is 0 Å². The van der Waals surface area contributed by atoms with Crippen molar-refractivity contribution in [1.82, 2.24) is 14.5 Å². The van der Waals surface area contributed by atoms with E-state index >= 15 is 0 Å². The first-order valence-corrected chi connectivity index (χ1v) is 12.9. The first kappa shape index (κ1) is 25.2. The number of aromatic nitrogens is 2. The average molecular weight is 499 g/mol. The van der Waals surface area contributed by atoms with E-state index in [1.807, 2.05) is 36.9 Å². The SMILES string of the molecule is CC(C)OCCCn1c(SCC(=O)N2CCN(c3ccc(F)cc3)CC2)nc2ccccc2c1=O. The second-order valence-electron chi connectivity index (χ2n) is 8.77. The van der Waals surface area contributed by atoms with Gasteiger partial charge in [-0.05, 0) is 56.7 Å². The number of hydrogen-bond donors (Lipinski definition) is 0. The normalized spacial score (nSPS) is 14.2. The van der Waals surface area contributed by atoms with Crippen molar-refractivity contribution in [3.63, 3.8) is 0 Å². The second-order valence-corrected chi connectivity index (χ2v) is 9.72. The Hall–Kier alpha value is -2.91. The fourth-order valence-electron chi connectivity index (χ4n) is 4.08. The van der Waals surface area contributed by atoms with Gasteiger partial charge in [-0.15, -0.1) is 0 Å². The largest absolute Gasteiger partial charge is 0.379 e. The molecule has 0 saturated carbocycles. The number of halogens is 1. The van der Waals surface area contributed by atoms with Crippen molar-refractivity contribution in [3.8, 4) is 0 Å². The monoisotopic (exact) mass is 498 g/mol. The van der Waals surface area contributed by atoms with Gasteiger partial charge in [0, 0.05) is 45.0 Å². The molecule has 2 aromatic carbocycles. The topological polar surface area (TPSA) is 67.7 Å². The zero-order chi connectivity index (χ0) is 24.8. The van der Waals surface area contributed by atoms with Crippen LogP contribution in [-0.2, 0) is 16.1 Å². The summed E-state index contributed by atoms with van der Waals surface area (Å²) in [6.07, 6.45) is 0.821. The minimum atomic E-state index is -0.257. The minimum absolute atomic E-state index is 0.0193. The minimum Gasteiger partial charge on any atom is -0.379 e. The third kappa shape index (κ3) is 6.41. The maximum atomic E-state index is 13.2. The van der Waals surface area contributed by atoms with Gasteiger partial charge in [-0.1, -0.05) is 23.9 Å². The molecular formula is C26H31FN4O3S. The van der Waals surface area contributed by atoms with Crippen LogP contribution >= 0.6 is 11.8 Å². The standard InChI is InChI=1S/C26H31FN4O3S/c1-19(2)34-17-5-12-31-25(33)22-6-3-4-7-23(22)28-26(31)35-18-24(32)30-15-13-29(14-16-30)21-10-8-20(27)9-11-21/h3-4,6-11,19H,5,12-18H2,1-2H3. The molecule has 1 fully saturated rings. The molecule has 9 heteroatoms. The molecule has 0 unspecified atom stereocenters. The summed E-state index contributed by atoms with van der Waals surface area (Å²) >= 11 is 1.31. The smallest absolute Gasteiger partial charge is 0.262 e. The maximum Gasteiger partial charge on any atom is 0.262 e. The van der Waals surface area contributed by atoms with E-state index in [9.17, 15) is 14.0 Å². The van der Waals surface area contributed by atoms with E-state index in [2.05, 4.69) is 4.90 Å². The summed E-state index contributed by atoms with van der Waals surface area (Å²) in [5, 5.41) is 1.13. The summed E-state index contributed by atoms with van der Waals surface area (Å²) in [4.78, 5) is 34.8. The van der Waals surface area contributed by atoms with E-state index in [0.29, 0.717) is 61.8 Å². The number of para-hydroxylation sites is 1. The fraction of sp³-hybridized carbons (Fsp3) is 0.423. The Morgan fingerprint density at radius 1 is 1.09 bits per heavy atom. The summed E-state index contributed by atoms with van der Waals surface area (Å²) in [7, 11) is 0. The predicted molar refractivity (Wildman–Crippen MR) is 138 cm³/mol. The van der Waals surface area contributed by atoms with Gasteiger partial charge in [-0.3, -0.25) is 14.2 Å². The Balaban J connectivity index is 1.40. The molecule has 0 radical (unpaired) electrons. The Kier molecular flexibility index (Phi) is 8.41. The Labute approximate surface area is 208 Å². The number of thioether (sulfide) groups is 1. The fourth-order valence-corrected chi connectivity index (χ4v) is 5.01. The highest BCUT2D eigenvalue weighted by Crippen LogP contribution is 2.21. The van der Waals surface area contributed by atoms with Crippen molar-refractivity contribution in [2.45, 2.75) is 38.1 Å². The molecule has 0 N–H and O–H groups in total. The van der Waals surface area contributed by atoms with Gasteiger partial charge < -0.3 is 14.5 Å². The van der Waals surface area contributed by atoms with Gasteiger partial charge in [0.15, 0.2) is 5.16 Å². The van der Waals surface area contributed by atoms with Crippen molar-refractivity contribution < 1.29 is 13.9 Å². The molecule has 3 aromatic rings. The molecule has 1 saturated heterocycles. The molecule has 7 nitrogen and oxygen atoms in total. The Morgan fingerprint density at radius 3 is 2.51 bits per heavy atom. The van der Waals surface area contributed by atoms with E-state index in [-0.39, 0.29) is 29.1 Å². The third-order valence-corrected chi connectivity index (χ3v) is 6.91. The predicted octanol–water partition coefficient (Wildman–Crippen LogP) is 3.79. The molecule has 1 aliphatic heterocycles. The highest BCUT2D eigenvalue weighted by atomic mass is 32.2. The molecular weight excluding hydrogens is 467 g/mol. The molecule has 0 spiro atoms. The molecule has 1 aliphatic rings. The summed E-state index contributed by atoms with van der Waals surface area (Å²) in [5.74, 6) is -0.0252. The zero-order valence-corrected chi connectivity index (χ0v) is 21.0. The number of carbonyl (C=O) groups excluding carboxylic acids is 1. The van der Waals surface area contributed by atoms with Crippen molar-refractivity contribution >= 4 is 34.3 Å². The molecule has 0 bridgehead atoms. The molecule has 1 amide bonds. The molecule has 4 rings (SSSR count). The molecule has 0 aliphatic carbocycles. The van der Waals surface area contributed by atoms with Crippen molar-refractivity contribution in [2.75, 3.05) is 43.4 Å². The lowest BCUT2D eigenvalue weighted by Gasteiger charge is -2.36. The summed E-state index contributed by atoms with van der Waals surface area (Å²) in [5.41, 5.74) is 1.50. The van der Waals surface area contributed by atoms with E-state index < -0.39 is 0 Å². The zero-order valence-electron chi connectivity index (χ0n) is 20.2. The van der Waals surface area contributed by atoms with Crippen LogP contribution in [0, 0.1) is 5.82 Å². The summed E-state index contributed by atoms with van der Waals surface area (Å²) < 4.78 is 20.5. The van der Waals surface area contributed by atoms with Crippen LogP contribution in [0.5, 0.6) is 0 Å². The van der Waals surface area contributed by atoms with Crippen LogP contribution in [0.1, 0.15) is 20.3 Å². The van der Waals surface area contributed by atoms with Gasteiger partial charge in [0.05, 0.1) is 22.8 Å². The lowest BCUT2D eigenvalue weighted by molar-refractivity contribution is -0.128. The number of anilines is 1. The Bertz CT molecular complexity index is 1210. The van der Waals surface area contributed by atoms with Gasteiger partial charge in [-0.25, -0.2) is 9.37 Å². The van der Waals surface area contributed by atoms with Gasteiger partial charge >= 0.3 is 0 Å². The number of piperazine rings is 1. The molecule has 1 aromatic heterocycles. The molecule has 35 heavy (non-hydrogen) atoms. The van der Waals surface area contributed by atoms with Crippen molar-refractivity contribution in [3.05, 3.63) is 64.7 Å². The number of carbonyl (C=O) groups is 1. The number of ether oxygens (including phenoxy) is 1. The van der Waals surface area contributed by atoms with E-state index in [0.717, 1.165) is 5.69 Å². The quantitative estimate of drug-likeness (QED) is 0.254. The number of amides is 1. The van der Waals surface area contributed by atoms with Crippen LogP contribution in [0.15, 0.2) is 58.5 Å². The number of hydrogen-bond acceptors (Lipinski definition) is 6. The molecule has 2 heterocycles. The highest BCUT2D eigenvalue weighted by Gasteiger charge is 2.22.